The lowest BCUT2D eigenvalue weighted by molar-refractivity contribution is -0.117. The standard InChI is InChI=1S/C18H23N5O2/c1-12(24)19-15-5-3-4-6-16(15)20-18(25)11-23(2)10-14-9-17(22-21-14)13-7-8-13/h3-6,9,13H,7-8,10-11H2,1-2H3,(H,19,24)(H,20,25)(H,21,22). The first kappa shape index (κ1) is 17.2. The zero-order valence-corrected chi connectivity index (χ0v) is 14.5. The van der Waals surface area contributed by atoms with Crippen LogP contribution in [-0.4, -0.2) is 40.5 Å². The predicted octanol–water partition coefficient (Wildman–Crippen LogP) is 2.32. The van der Waals surface area contributed by atoms with Gasteiger partial charge in [0, 0.05) is 25.1 Å². The van der Waals surface area contributed by atoms with Crippen molar-refractivity contribution in [2.45, 2.75) is 32.2 Å². The zero-order valence-electron chi connectivity index (χ0n) is 14.5. The first-order chi connectivity index (χ1) is 12.0. The van der Waals surface area contributed by atoms with E-state index >= 15 is 0 Å². The predicted molar refractivity (Wildman–Crippen MR) is 96.3 cm³/mol. The Morgan fingerprint density at radius 3 is 2.56 bits per heavy atom. The molecule has 1 aromatic carbocycles. The van der Waals surface area contributed by atoms with Gasteiger partial charge in [0.1, 0.15) is 0 Å². The van der Waals surface area contributed by atoms with Crippen LogP contribution in [0.3, 0.4) is 0 Å². The van der Waals surface area contributed by atoms with Gasteiger partial charge in [-0.25, -0.2) is 0 Å². The Morgan fingerprint density at radius 2 is 1.92 bits per heavy atom. The van der Waals surface area contributed by atoms with E-state index in [1.165, 1.54) is 19.8 Å². The first-order valence-electron chi connectivity index (χ1n) is 8.40. The molecule has 1 saturated carbocycles. The van der Waals surface area contributed by atoms with Crippen molar-refractivity contribution >= 4 is 23.2 Å². The molecule has 0 saturated heterocycles. The minimum Gasteiger partial charge on any atom is -0.325 e. The number of benzene rings is 1. The number of rotatable bonds is 7. The third-order valence-electron chi connectivity index (χ3n) is 4.01. The smallest absolute Gasteiger partial charge is 0.238 e. The third kappa shape index (κ3) is 4.90. The van der Waals surface area contributed by atoms with Crippen molar-refractivity contribution in [2.24, 2.45) is 0 Å². The maximum absolute atomic E-state index is 12.3. The van der Waals surface area contributed by atoms with Crippen molar-refractivity contribution in [1.82, 2.24) is 15.1 Å². The van der Waals surface area contributed by atoms with Gasteiger partial charge in [0.25, 0.3) is 0 Å². The van der Waals surface area contributed by atoms with Crippen molar-refractivity contribution in [3.8, 4) is 0 Å². The van der Waals surface area contributed by atoms with Crippen LogP contribution in [0, 0.1) is 0 Å². The molecule has 0 bridgehead atoms. The van der Waals surface area contributed by atoms with Crippen molar-refractivity contribution in [2.75, 3.05) is 24.2 Å². The highest BCUT2D eigenvalue weighted by atomic mass is 16.2. The first-order valence-corrected chi connectivity index (χ1v) is 8.40. The lowest BCUT2D eigenvalue weighted by Gasteiger charge is -2.16. The Kier molecular flexibility index (Phi) is 5.14. The van der Waals surface area contributed by atoms with Crippen LogP contribution in [-0.2, 0) is 16.1 Å². The number of likely N-dealkylation sites (N-methyl/N-ethyl adjacent to an activating group) is 1. The highest BCUT2D eigenvalue weighted by Crippen LogP contribution is 2.39. The van der Waals surface area contributed by atoms with E-state index in [-0.39, 0.29) is 18.4 Å². The Bertz CT molecular complexity index is 766. The molecule has 1 aromatic heterocycles. The second-order valence-electron chi connectivity index (χ2n) is 6.54. The molecule has 0 unspecified atom stereocenters. The molecule has 1 aliphatic rings. The van der Waals surface area contributed by atoms with Crippen LogP contribution in [0.5, 0.6) is 0 Å². The second kappa shape index (κ2) is 7.48. The topological polar surface area (TPSA) is 90.1 Å². The molecule has 1 heterocycles. The van der Waals surface area contributed by atoms with E-state index in [0.717, 1.165) is 11.4 Å². The van der Waals surface area contributed by atoms with E-state index in [1.807, 2.05) is 24.1 Å². The summed E-state index contributed by atoms with van der Waals surface area (Å²) in [5.41, 5.74) is 3.32. The summed E-state index contributed by atoms with van der Waals surface area (Å²) in [4.78, 5) is 25.4. The summed E-state index contributed by atoms with van der Waals surface area (Å²) in [6, 6.07) is 9.22. The summed E-state index contributed by atoms with van der Waals surface area (Å²) in [5, 5.41) is 12.9. The minimum atomic E-state index is -0.176. The van der Waals surface area contributed by atoms with E-state index in [2.05, 4.69) is 26.9 Å². The normalized spacial score (nSPS) is 13.7. The van der Waals surface area contributed by atoms with Crippen molar-refractivity contribution < 1.29 is 9.59 Å². The number of carbonyl (C=O) groups is 2. The van der Waals surface area contributed by atoms with E-state index in [1.54, 1.807) is 12.1 Å². The number of anilines is 2. The number of para-hydroxylation sites is 2. The van der Waals surface area contributed by atoms with Crippen molar-refractivity contribution in [3.63, 3.8) is 0 Å². The molecule has 0 aliphatic heterocycles. The number of amides is 2. The van der Waals surface area contributed by atoms with E-state index in [9.17, 15) is 9.59 Å². The number of H-pyrrole nitrogens is 1. The van der Waals surface area contributed by atoms with Crippen LogP contribution in [0.4, 0.5) is 11.4 Å². The SMILES string of the molecule is CC(=O)Nc1ccccc1NC(=O)CN(C)Cc1cc(C2CC2)n[nH]1. The lowest BCUT2D eigenvalue weighted by Crippen LogP contribution is -2.30. The average molecular weight is 341 g/mol. The Labute approximate surface area is 146 Å². The number of hydrogen-bond donors (Lipinski definition) is 3. The van der Waals surface area contributed by atoms with E-state index in [4.69, 9.17) is 0 Å². The van der Waals surface area contributed by atoms with Gasteiger partial charge in [-0.1, -0.05) is 12.1 Å². The number of aromatic amines is 1. The molecule has 7 nitrogen and oxygen atoms in total. The Morgan fingerprint density at radius 1 is 1.24 bits per heavy atom. The molecule has 3 N–H and O–H groups in total. The van der Waals surface area contributed by atoms with Crippen LogP contribution in [0.1, 0.15) is 37.1 Å². The molecule has 2 aromatic rings. The molecule has 0 atom stereocenters. The van der Waals surface area contributed by atoms with Crippen LogP contribution in [0.15, 0.2) is 30.3 Å². The Balaban J connectivity index is 1.53. The number of nitrogens with zero attached hydrogens (tertiary/aromatic N) is 2. The zero-order chi connectivity index (χ0) is 17.8. The quantitative estimate of drug-likeness (QED) is 0.721. The fraction of sp³-hybridized carbons (Fsp3) is 0.389. The summed E-state index contributed by atoms with van der Waals surface area (Å²) < 4.78 is 0. The molecule has 1 aliphatic carbocycles. The lowest BCUT2D eigenvalue weighted by atomic mass is 10.2. The van der Waals surface area contributed by atoms with E-state index < -0.39 is 0 Å². The Hall–Kier alpha value is -2.67. The molecular weight excluding hydrogens is 318 g/mol. The largest absolute Gasteiger partial charge is 0.325 e. The fourth-order valence-electron chi connectivity index (χ4n) is 2.72. The second-order valence-corrected chi connectivity index (χ2v) is 6.54. The summed E-state index contributed by atoms with van der Waals surface area (Å²) in [5.74, 6) is 0.302. The number of carbonyl (C=O) groups excluding carboxylic acids is 2. The number of aromatic nitrogens is 2. The molecule has 2 amide bonds. The maximum atomic E-state index is 12.3. The van der Waals surface area contributed by atoms with Crippen LogP contribution in [0.2, 0.25) is 0 Å². The highest BCUT2D eigenvalue weighted by Gasteiger charge is 2.26. The van der Waals surface area contributed by atoms with Gasteiger partial charge < -0.3 is 10.6 Å². The van der Waals surface area contributed by atoms with Crippen LogP contribution < -0.4 is 10.6 Å². The number of hydrogen-bond acceptors (Lipinski definition) is 4. The molecule has 0 spiro atoms. The van der Waals surface area contributed by atoms with Gasteiger partial charge in [-0.15, -0.1) is 0 Å². The average Bonchev–Trinajstić information content (AvgIpc) is 3.29. The molecule has 25 heavy (non-hydrogen) atoms. The molecular formula is C18H23N5O2. The number of nitrogens with one attached hydrogen (secondary N) is 3. The minimum absolute atomic E-state index is 0.137. The molecule has 132 valence electrons. The van der Waals surface area contributed by atoms with Gasteiger partial charge in [0.05, 0.1) is 23.6 Å². The molecule has 0 radical (unpaired) electrons. The molecule has 3 rings (SSSR count). The summed E-state index contributed by atoms with van der Waals surface area (Å²) in [6.07, 6.45) is 2.44. The van der Waals surface area contributed by atoms with Crippen LogP contribution in [0.25, 0.3) is 0 Å². The summed E-state index contributed by atoms with van der Waals surface area (Å²) in [7, 11) is 1.89. The van der Waals surface area contributed by atoms with Crippen molar-refractivity contribution in [3.05, 3.63) is 41.7 Å². The molecule has 1 fully saturated rings. The highest BCUT2D eigenvalue weighted by molar-refractivity contribution is 5.99. The third-order valence-corrected chi connectivity index (χ3v) is 4.01. The fourth-order valence-corrected chi connectivity index (χ4v) is 2.72. The van der Waals surface area contributed by atoms with Gasteiger partial charge in [-0.3, -0.25) is 19.6 Å². The molecule has 7 heteroatoms. The van der Waals surface area contributed by atoms with Gasteiger partial charge in [-0.2, -0.15) is 5.10 Å². The summed E-state index contributed by atoms with van der Waals surface area (Å²) in [6.45, 7) is 2.30. The van der Waals surface area contributed by atoms with Gasteiger partial charge in [0.2, 0.25) is 11.8 Å². The van der Waals surface area contributed by atoms with Crippen LogP contribution >= 0.6 is 0 Å². The monoisotopic (exact) mass is 341 g/mol. The van der Waals surface area contributed by atoms with Gasteiger partial charge in [0.15, 0.2) is 0 Å². The maximum Gasteiger partial charge on any atom is 0.238 e. The van der Waals surface area contributed by atoms with Crippen molar-refractivity contribution in [1.29, 1.82) is 0 Å². The van der Waals surface area contributed by atoms with E-state index in [0.29, 0.717) is 23.8 Å². The van der Waals surface area contributed by atoms with Gasteiger partial charge in [-0.05, 0) is 38.1 Å². The van der Waals surface area contributed by atoms with Gasteiger partial charge >= 0.3 is 0 Å². The summed E-state index contributed by atoms with van der Waals surface area (Å²) >= 11 is 0.